The highest BCUT2D eigenvalue weighted by Crippen LogP contribution is 2.38. The van der Waals surface area contributed by atoms with E-state index < -0.39 is 0 Å². The number of hydrogen-bond donors (Lipinski definition) is 1. The summed E-state index contributed by atoms with van der Waals surface area (Å²) in [6, 6.07) is 8.16. The Morgan fingerprint density at radius 2 is 2.05 bits per heavy atom. The number of methoxy groups -OCH3 is 1. The second-order valence-corrected chi connectivity index (χ2v) is 5.42. The van der Waals surface area contributed by atoms with Crippen LogP contribution in [0.15, 0.2) is 30.3 Å². The molecule has 2 aromatic carbocycles. The van der Waals surface area contributed by atoms with Gasteiger partial charge in [-0.1, -0.05) is 17.7 Å². The van der Waals surface area contributed by atoms with Crippen LogP contribution in [0, 0.1) is 18.2 Å². The molecule has 0 aliphatic carbocycles. The van der Waals surface area contributed by atoms with Gasteiger partial charge in [-0.15, -0.1) is 0 Å². The van der Waals surface area contributed by atoms with Crippen LogP contribution in [0.2, 0.25) is 5.02 Å². The number of benzene rings is 2. The fraction of sp³-hybridized carbons (Fsp3) is 0.188. The summed E-state index contributed by atoms with van der Waals surface area (Å²) in [5, 5.41) is 8.90. The van der Waals surface area contributed by atoms with Gasteiger partial charge in [0.2, 0.25) is 0 Å². The minimum atomic E-state index is -0.334. The van der Waals surface area contributed by atoms with Crippen LogP contribution in [-0.4, -0.2) is 12.9 Å². The van der Waals surface area contributed by atoms with Crippen molar-refractivity contribution in [1.29, 1.82) is 5.41 Å². The Balaban J connectivity index is 2.08. The Bertz CT molecular complexity index is 745. The van der Waals surface area contributed by atoms with E-state index in [4.69, 9.17) is 21.7 Å². The van der Waals surface area contributed by atoms with Gasteiger partial charge < -0.3 is 9.64 Å². The van der Waals surface area contributed by atoms with E-state index in [1.54, 1.807) is 24.1 Å². The molecular weight excluding hydrogens is 291 g/mol. The molecule has 0 unspecified atom stereocenters. The van der Waals surface area contributed by atoms with Gasteiger partial charge in [0.05, 0.1) is 19.3 Å². The zero-order valence-electron chi connectivity index (χ0n) is 11.7. The van der Waals surface area contributed by atoms with Gasteiger partial charge in [0.15, 0.2) is 0 Å². The van der Waals surface area contributed by atoms with Crippen molar-refractivity contribution in [2.24, 2.45) is 0 Å². The van der Waals surface area contributed by atoms with Crippen LogP contribution >= 0.6 is 11.6 Å². The highest BCUT2D eigenvalue weighted by Gasteiger charge is 2.28. The Hall–Kier alpha value is -2.07. The fourth-order valence-electron chi connectivity index (χ4n) is 2.53. The van der Waals surface area contributed by atoms with Gasteiger partial charge >= 0.3 is 0 Å². The van der Waals surface area contributed by atoms with E-state index in [-0.39, 0.29) is 11.7 Å². The van der Waals surface area contributed by atoms with Crippen molar-refractivity contribution in [1.82, 2.24) is 0 Å². The van der Waals surface area contributed by atoms with Gasteiger partial charge in [0.1, 0.15) is 17.4 Å². The molecule has 0 atom stereocenters. The summed E-state index contributed by atoms with van der Waals surface area (Å²) in [6.07, 6.45) is 0. The molecule has 1 aliphatic heterocycles. The average Bonchev–Trinajstić information content (AvgIpc) is 2.78. The normalized spacial score (nSPS) is 13.5. The minimum absolute atomic E-state index is 0.268. The van der Waals surface area contributed by atoms with E-state index >= 15 is 0 Å². The summed E-state index contributed by atoms with van der Waals surface area (Å²) in [5.41, 5.74) is 3.21. The number of nitrogens with one attached hydrogen (secondary N) is 1. The third kappa shape index (κ3) is 2.25. The number of anilines is 1. The van der Waals surface area contributed by atoms with Crippen molar-refractivity contribution in [2.75, 3.05) is 12.0 Å². The average molecular weight is 305 g/mol. The lowest BCUT2D eigenvalue weighted by Gasteiger charge is -2.21. The second kappa shape index (κ2) is 5.04. The molecule has 1 aliphatic rings. The topological polar surface area (TPSA) is 36.3 Å². The molecule has 0 radical (unpaired) electrons. The number of halogens is 2. The molecule has 108 valence electrons. The van der Waals surface area contributed by atoms with Gasteiger partial charge in [0, 0.05) is 16.7 Å². The second-order valence-electron chi connectivity index (χ2n) is 5.01. The SMILES string of the molecule is COc1cc(Cl)c(C)cc1N1Cc2ccc(F)cc2C1=N. The van der Waals surface area contributed by atoms with E-state index in [1.165, 1.54) is 12.1 Å². The molecule has 0 fully saturated rings. The number of hydrogen-bond acceptors (Lipinski definition) is 2. The summed E-state index contributed by atoms with van der Waals surface area (Å²) < 4.78 is 18.7. The van der Waals surface area contributed by atoms with Gasteiger partial charge in [-0.05, 0) is 36.2 Å². The lowest BCUT2D eigenvalue weighted by atomic mass is 10.1. The third-order valence-corrected chi connectivity index (χ3v) is 4.08. The fourth-order valence-corrected chi connectivity index (χ4v) is 2.68. The number of aryl methyl sites for hydroxylation is 1. The summed E-state index contributed by atoms with van der Waals surface area (Å²) in [7, 11) is 1.57. The predicted molar refractivity (Wildman–Crippen MR) is 82.2 cm³/mol. The van der Waals surface area contributed by atoms with Crippen molar-refractivity contribution in [3.63, 3.8) is 0 Å². The molecule has 0 spiro atoms. The van der Waals surface area contributed by atoms with Crippen molar-refractivity contribution < 1.29 is 9.13 Å². The molecule has 2 aromatic rings. The molecule has 21 heavy (non-hydrogen) atoms. The zero-order chi connectivity index (χ0) is 15.1. The Morgan fingerprint density at radius 3 is 2.76 bits per heavy atom. The van der Waals surface area contributed by atoms with Gasteiger partial charge in [-0.25, -0.2) is 4.39 Å². The highest BCUT2D eigenvalue weighted by molar-refractivity contribution is 6.31. The first-order chi connectivity index (χ1) is 10.0. The van der Waals surface area contributed by atoms with Gasteiger partial charge in [-0.3, -0.25) is 5.41 Å². The number of fused-ring (bicyclic) bond motifs is 1. The predicted octanol–water partition coefficient (Wildman–Crippen LogP) is 4.14. The zero-order valence-corrected chi connectivity index (χ0v) is 12.5. The van der Waals surface area contributed by atoms with Crippen LogP contribution in [-0.2, 0) is 6.54 Å². The van der Waals surface area contributed by atoms with E-state index in [0.717, 1.165) is 16.8 Å². The first-order valence-electron chi connectivity index (χ1n) is 6.50. The maximum atomic E-state index is 13.4. The van der Waals surface area contributed by atoms with Crippen LogP contribution in [0.1, 0.15) is 16.7 Å². The summed E-state index contributed by atoms with van der Waals surface area (Å²) >= 11 is 6.12. The molecule has 0 saturated carbocycles. The maximum Gasteiger partial charge on any atom is 0.144 e. The van der Waals surface area contributed by atoms with Gasteiger partial charge in [0.25, 0.3) is 0 Å². The van der Waals surface area contributed by atoms with Crippen LogP contribution in [0.3, 0.4) is 0 Å². The number of nitrogens with zero attached hydrogens (tertiary/aromatic N) is 1. The minimum Gasteiger partial charge on any atom is -0.495 e. The van der Waals surface area contributed by atoms with E-state index in [9.17, 15) is 4.39 Å². The Kier molecular flexibility index (Phi) is 3.33. The van der Waals surface area contributed by atoms with Crippen LogP contribution in [0.25, 0.3) is 0 Å². The monoisotopic (exact) mass is 304 g/mol. The highest BCUT2D eigenvalue weighted by atomic mass is 35.5. The quantitative estimate of drug-likeness (QED) is 0.905. The van der Waals surface area contributed by atoms with E-state index in [0.29, 0.717) is 22.9 Å². The molecule has 1 heterocycles. The summed E-state index contributed by atoms with van der Waals surface area (Å²) in [5.74, 6) is 0.535. The standard InChI is InChI=1S/C16H14ClFN2O/c1-9-5-14(15(21-2)7-13(9)17)20-8-10-3-4-11(18)6-12(10)16(20)19/h3-7,19H,8H2,1-2H3. The van der Waals surface area contributed by atoms with Crippen LogP contribution < -0.4 is 9.64 Å². The van der Waals surface area contributed by atoms with Crippen molar-refractivity contribution >= 4 is 23.1 Å². The van der Waals surface area contributed by atoms with E-state index in [2.05, 4.69) is 0 Å². The third-order valence-electron chi connectivity index (χ3n) is 3.68. The Morgan fingerprint density at radius 1 is 1.29 bits per heavy atom. The molecule has 0 aromatic heterocycles. The number of amidine groups is 1. The van der Waals surface area contributed by atoms with Crippen molar-refractivity contribution in [3.8, 4) is 5.75 Å². The van der Waals surface area contributed by atoms with Crippen LogP contribution in [0.4, 0.5) is 10.1 Å². The lowest BCUT2D eigenvalue weighted by molar-refractivity contribution is 0.415. The summed E-state index contributed by atoms with van der Waals surface area (Å²) in [6.45, 7) is 2.42. The summed E-state index contributed by atoms with van der Waals surface area (Å²) in [4.78, 5) is 1.80. The number of rotatable bonds is 2. The Labute approximate surface area is 127 Å². The largest absolute Gasteiger partial charge is 0.495 e. The van der Waals surface area contributed by atoms with Crippen LogP contribution in [0.5, 0.6) is 5.75 Å². The molecule has 0 amide bonds. The first-order valence-corrected chi connectivity index (χ1v) is 6.88. The smallest absolute Gasteiger partial charge is 0.144 e. The van der Waals surface area contributed by atoms with Crippen molar-refractivity contribution in [2.45, 2.75) is 13.5 Å². The molecule has 0 saturated heterocycles. The maximum absolute atomic E-state index is 13.4. The molecular formula is C16H14ClFN2O. The lowest BCUT2D eigenvalue weighted by Crippen LogP contribution is -2.23. The molecule has 3 rings (SSSR count). The number of ether oxygens (including phenoxy) is 1. The molecule has 3 nitrogen and oxygen atoms in total. The molecule has 5 heteroatoms. The molecule has 0 bridgehead atoms. The molecule has 1 N–H and O–H groups in total. The van der Waals surface area contributed by atoms with Gasteiger partial charge in [-0.2, -0.15) is 0 Å². The van der Waals surface area contributed by atoms with Crippen molar-refractivity contribution in [3.05, 3.63) is 57.9 Å². The van der Waals surface area contributed by atoms with E-state index in [1.807, 2.05) is 13.0 Å². The first kappa shape index (κ1) is 13.9.